The van der Waals surface area contributed by atoms with E-state index in [4.69, 9.17) is 0 Å². The lowest BCUT2D eigenvalue weighted by Gasteiger charge is -2.49. The zero-order valence-electron chi connectivity index (χ0n) is 10.2. The van der Waals surface area contributed by atoms with Crippen LogP contribution in [0, 0.1) is 35.5 Å². The first kappa shape index (κ1) is 11.1. The molecule has 3 unspecified atom stereocenters. The smallest absolute Gasteiger partial charge is 0.0355 e. The maximum atomic E-state index is 2.43. The van der Waals surface area contributed by atoms with E-state index in [1.54, 1.807) is 0 Å². The van der Waals surface area contributed by atoms with Crippen LogP contribution in [0.3, 0.4) is 0 Å². The van der Waals surface area contributed by atoms with Gasteiger partial charge in [0.25, 0.3) is 0 Å². The van der Waals surface area contributed by atoms with Crippen LogP contribution in [-0.2, 0) is 0 Å². The van der Waals surface area contributed by atoms with Crippen LogP contribution in [0.25, 0.3) is 0 Å². The molecule has 1 rings (SSSR count). The number of hydrogen-bond donors (Lipinski definition) is 0. The monoisotopic (exact) mass is 182 g/mol. The normalized spacial score (nSPS) is 41.8. The second-order valence-corrected chi connectivity index (χ2v) is 5.70. The maximum Gasteiger partial charge on any atom is -0.0355 e. The molecule has 13 heavy (non-hydrogen) atoms. The Morgan fingerprint density at radius 3 is 1.69 bits per heavy atom. The number of rotatable bonds is 3. The lowest BCUT2D eigenvalue weighted by molar-refractivity contribution is -0.00449. The quantitative estimate of drug-likeness (QED) is 0.613. The Bertz CT molecular complexity index is 149. The maximum absolute atomic E-state index is 2.43. The average Bonchev–Trinajstić information content (AvgIpc) is 2.11. The Morgan fingerprint density at radius 1 is 0.846 bits per heavy atom. The van der Waals surface area contributed by atoms with Gasteiger partial charge >= 0.3 is 0 Å². The van der Waals surface area contributed by atoms with Gasteiger partial charge in [-0.2, -0.15) is 0 Å². The van der Waals surface area contributed by atoms with Crippen LogP contribution < -0.4 is 0 Å². The summed E-state index contributed by atoms with van der Waals surface area (Å²) in [7, 11) is 0. The van der Waals surface area contributed by atoms with E-state index in [9.17, 15) is 0 Å². The molecule has 0 aliphatic heterocycles. The van der Waals surface area contributed by atoms with E-state index in [1.165, 1.54) is 6.42 Å². The Morgan fingerprint density at radius 2 is 1.31 bits per heavy atom. The molecule has 0 spiro atoms. The minimum atomic E-state index is 0.857. The second kappa shape index (κ2) is 4.02. The van der Waals surface area contributed by atoms with E-state index in [1.807, 2.05) is 0 Å². The third-order valence-corrected chi connectivity index (χ3v) is 4.79. The molecule has 0 bridgehead atoms. The van der Waals surface area contributed by atoms with Gasteiger partial charge in [0.05, 0.1) is 0 Å². The first-order valence-electron chi connectivity index (χ1n) is 5.95. The van der Waals surface area contributed by atoms with Crippen LogP contribution in [0.2, 0.25) is 0 Å². The summed E-state index contributed by atoms with van der Waals surface area (Å²) in [5, 5.41) is 0. The second-order valence-electron chi connectivity index (χ2n) is 5.70. The molecule has 0 radical (unpaired) electrons. The molecule has 0 aromatic carbocycles. The SMILES string of the molecule is CC(C)C(C)CC1C(C)C(C)C1C. The highest BCUT2D eigenvalue weighted by atomic mass is 14.5. The summed E-state index contributed by atoms with van der Waals surface area (Å²) in [6.07, 6.45) is 1.45. The first-order valence-corrected chi connectivity index (χ1v) is 5.95. The van der Waals surface area contributed by atoms with Crippen molar-refractivity contribution in [2.45, 2.75) is 48.0 Å². The fraction of sp³-hybridized carbons (Fsp3) is 1.00. The highest BCUT2D eigenvalue weighted by molar-refractivity contribution is 4.90. The van der Waals surface area contributed by atoms with Crippen molar-refractivity contribution in [3.05, 3.63) is 0 Å². The number of hydrogen-bond acceptors (Lipinski definition) is 0. The molecule has 0 saturated heterocycles. The van der Waals surface area contributed by atoms with Crippen molar-refractivity contribution in [3.63, 3.8) is 0 Å². The molecule has 3 atom stereocenters. The summed E-state index contributed by atoms with van der Waals surface area (Å²) in [6, 6.07) is 0. The Kier molecular flexibility index (Phi) is 3.43. The van der Waals surface area contributed by atoms with Crippen LogP contribution in [0.4, 0.5) is 0 Å². The van der Waals surface area contributed by atoms with Crippen LogP contribution >= 0.6 is 0 Å². The summed E-state index contributed by atoms with van der Waals surface area (Å²) in [5.41, 5.74) is 0. The van der Waals surface area contributed by atoms with Crippen molar-refractivity contribution in [3.8, 4) is 0 Å². The lowest BCUT2D eigenvalue weighted by Crippen LogP contribution is -2.43. The standard InChI is InChI=1S/C13H26/c1-8(2)9(3)7-13-11(5)10(4)12(13)6/h8-13H,7H2,1-6H3. The predicted molar refractivity (Wildman–Crippen MR) is 59.6 cm³/mol. The van der Waals surface area contributed by atoms with E-state index in [2.05, 4.69) is 41.5 Å². The minimum Gasteiger partial charge on any atom is -0.0625 e. The van der Waals surface area contributed by atoms with Gasteiger partial charge < -0.3 is 0 Å². The average molecular weight is 182 g/mol. The van der Waals surface area contributed by atoms with E-state index in [-0.39, 0.29) is 0 Å². The van der Waals surface area contributed by atoms with Crippen LogP contribution in [0.5, 0.6) is 0 Å². The third-order valence-electron chi connectivity index (χ3n) is 4.79. The summed E-state index contributed by atoms with van der Waals surface area (Å²) in [4.78, 5) is 0. The molecule has 0 heteroatoms. The molecule has 0 amide bonds. The van der Waals surface area contributed by atoms with Gasteiger partial charge in [0, 0.05) is 0 Å². The van der Waals surface area contributed by atoms with E-state index in [0.29, 0.717) is 0 Å². The first-order chi connectivity index (χ1) is 5.95. The molecule has 1 aliphatic carbocycles. The highest BCUT2D eigenvalue weighted by Gasteiger charge is 2.42. The zero-order chi connectivity index (χ0) is 10.2. The van der Waals surface area contributed by atoms with Gasteiger partial charge in [0.2, 0.25) is 0 Å². The van der Waals surface area contributed by atoms with Gasteiger partial charge in [-0.25, -0.2) is 0 Å². The Hall–Kier alpha value is 0. The van der Waals surface area contributed by atoms with Gasteiger partial charge in [-0.15, -0.1) is 0 Å². The Labute approximate surface area is 84.1 Å². The molecule has 0 N–H and O–H groups in total. The molecule has 1 fully saturated rings. The van der Waals surface area contributed by atoms with Gasteiger partial charge in [-0.1, -0.05) is 41.5 Å². The highest BCUT2D eigenvalue weighted by Crippen LogP contribution is 2.48. The summed E-state index contributed by atoms with van der Waals surface area (Å²) in [5.74, 6) is 5.67. The predicted octanol–water partition coefficient (Wildman–Crippen LogP) is 4.21. The molecular formula is C13H26. The molecular weight excluding hydrogens is 156 g/mol. The molecule has 0 aromatic rings. The van der Waals surface area contributed by atoms with E-state index < -0.39 is 0 Å². The van der Waals surface area contributed by atoms with Crippen molar-refractivity contribution in [1.82, 2.24) is 0 Å². The molecule has 1 saturated carbocycles. The van der Waals surface area contributed by atoms with Gasteiger partial charge in [0.15, 0.2) is 0 Å². The fourth-order valence-corrected chi connectivity index (χ4v) is 2.72. The van der Waals surface area contributed by atoms with Gasteiger partial charge in [-0.3, -0.25) is 0 Å². The van der Waals surface area contributed by atoms with Gasteiger partial charge in [0.1, 0.15) is 0 Å². The van der Waals surface area contributed by atoms with Crippen molar-refractivity contribution in [2.24, 2.45) is 35.5 Å². The molecule has 0 aromatic heterocycles. The summed E-state index contributed by atoms with van der Waals surface area (Å²) < 4.78 is 0. The molecule has 78 valence electrons. The van der Waals surface area contributed by atoms with Crippen molar-refractivity contribution < 1.29 is 0 Å². The van der Waals surface area contributed by atoms with Crippen LogP contribution in [0.15, 0.2) is 0 Å². The van der Waals surface area contributed by atoms with Crippen molar-refractivity contribution in [1.29, 1.82) is 0 Å². The van der Waals surface area contributed by atoms with Crippen LogP contribution in [0.1, 0.15) is 48.0 Å². The summed E-state index contributed by atoms with van der Waals surface area (Å²) >= 11 is 0. The van der Waals surface area contributed by atoms with Crippen molar-refractivity contribution >= 4 is 0 Å². The van der Waals surface area contributed by atoms with E-state index >= 15 is 0 Å². The van der Waals surface area contributed by atoms with Gasteiger partial charge in [-0.05, 0) is 41.9 Å². The van der Waals surface area contributed by atoms with Crippen LogP contribution in [-0.4, -0.2) is 0 Å². The molecule has 0 heterocycles. The fourth-order valence-electron chi connectivity index (χ4n) is 2.72. The Balaban J connectivity index is 2.38. The van der Waals surface area contributed by atoms with E-state index in [0.717, 1.165) is 35.5 Å². The lowest BCUT2D eigenvalue weighted by atomic mass is 9.56. The molecule has 0 nitrogen and oxygen atoms in total. The third kappa shape index (κ3) is 2.08. The topological polar surface area (TPSA) is 0 Å². The van der Waals surface area contributed by atoms with Crippen molar-refractivity contribution in [2.75, 3.05) is 0 Å². The molecule has 1 aliphatic rings. The summed E-state index contributed by atoms with van der Waals surface area (Å²) in [6.45, 7) is 14.4. The largest absolute Gasteiger partial charge is 0.0625 e. The zero-order valence-corrected chi connectivity index (χ0v) is 10.2. The minimum absolute atomic E-state index is 0.857.